The van der Waals surface area contributed by atoms with E-state index in [4.69, 9.17) is 4.74 Å². The molecule has 3 aromatic rings. The number of rotatable bonds is 8. The van der Waals surface area contributed by atoms with Crippen LogP contribution >= 0.6 is 0 Å². The monoisotopic (exact) mass is 487 g/mol. The Morgan fingerprint density at radius 1 is 1.03 bits per heavy atom. The predicted molar refractivity (Wildman–Crippen MR) is 142 cm³/mol. The summed E-state index contributed by atoms with van der Waals surface area (Å²) < 4.78 is 5.23. The van der Waals surface area contributed by atoms with Gasteiger partial charge >= 0.3 is 12.0 Å². The Labute approximate surface area is 212 Å². The van der Waals surface area contributed by atoms with Crippen molar-refractivity contribution >= 4 is 23.4 Å². The molecule has 1 unspecified atom stereocenters. The minimum absolute atomic E-state index is 0.210. The average molecular weight is 488 g/mol. The average Bonchev–Trinajstić information content (AvgIpc) is 2.88. The largest absolute Gasteiger partial charge is 0.497 e. The topological polar surface area (TPSA) is 90.9 Å². The fourth-order valence-electron chi connectivity index (χ4n) is 4.87. The van der Waals surface area contributed by atoms with E-state index in [1.165, 1.54) is 5.56 Å². The molecule has 0 radical (unpaired) electrons. The van der Waals surface area contributed by atoms with Gasteiger partial charge in [-0.05, 0) is 62.1 Å². The first-order valence-corrected chi connectivity index (χ1v) is 12.3. The fraction of sp³-hybridized carbons (Fsp3) is 0.310. The molecular formula is C29H33N3O4. The summed E-state index contributed by atoms with van der Waals surface area (Å²) in [4.78, 5) is 27.5. The van der Waals surface area contributed by atoms with E-state index in [0.717, 1.165) is 37.8 Å². The van der Waals surface area contributed by atoms with Crippen LogP contribution in [0, 0.1) is 6.92 Å². The van der Waals surface area contributed by atoms with Gasteiger partial charge in [0.25, 0.3) is 0 Å². The van der Waals surface area contributed by atoms with E-state index in [0.29, 0.717) is 35.3 Å². The van der Waals surface area contributed by atoms with E-state index >= 15 is 0 Å². The van der Waals surface area contributed by atoms with Crippen LogP contribution in [-0.2, 0) is 13.0 Å². The van der Waals surface area contributed by atoms with Crippen LogP contribution in [0.4, 0.5) is 16.2 Å². The molecule has 7 nitrogen and oxygen atoms in total. The summed E-state index contributed by atoms with van der Waals surface area (Å²) in [5.74, 6) is -0.370. The number of aryl methyl sites for hydroxylation is 1. The van der Waals surface area contributed by atoms with Gasteiger partial charge in [-0.2, -0.15) is 0 Å². The highest BCUT2D eigenvalue weighted by Gasteiger charge is 2.26. The van der Waals surface area contributed by atoms with E-state index in [1.54, 1.807) is 43.5 Å². The van der Waals surface area contributed by atoms with Gasteiger partial charge in [0.2, 0.25) is 0 Å². The molecule has 2 amide bonds. The Morgan fingerprint density at radius 2 is 1.83 bits per heavy atom. The fourth-order valence-corrected chi connectivity index (χ4v) is 4.87. The van der Waals surface area contributed by atoms with Crippen molar-refractivity contribution in [2.24, 2.45) is 0 Å². The minimum atomic E-state index is -1.00. The predicted octanol–water partition coefficient (Wildman–Crippen LogP) is 5.94. The van der Waals surface area contributed by atoms with Crippen molar-refractivity contribution in [2.45, 2.75) is 45.2 Å². The number of anilines is 2. The molecule has 0 bridgehead atoms. The number of carbonyl (C=O) groups excluding carboxylic acids is 1. The highest BCUT2D eigenvalue weighted by atomic mass is 16.5. The van der Waals surface area contributed by atoms with Gasteiger partial charge in [-0.25, -0.2) is 9.59 Å². The lowest BCUT2D eigenvalue weighted by atomic mass is 9.93. The van der Waals surface area contributed by atoms with Crippen molar-refractivity contribution in [3.05, 3.63) is 89.0 Å². The second-order valence-corrected chi connectivity index (χ2v) is 9.21. The van der Waals surface area contributed by atoms with Gasteiger partial charge < -0.3 is 20.5 Å². The zero-order valence-electron chi connectivity index (χ0n) is 20.8. The smallest absolute Gasteiger partial charge is 0.336 e. The number of hydrogen-bond acceptors (Lipinski definition) is 4. The molecule has 188 valence electrons. The molecule has 1 saturated heterocycles. The highest BCUT2D eigenvalue weighted by Crippen LogP contribution is 2.30. The molecular weight excluding hydrogens is 454 g/mol. The van der Waals surface area contributed by atoms with Crippen LogP contribution in [-0.4, -0.2) is 41.7 Å². The Balaban J connectivity index is 1.59. The second-order valence-electron chi connectivity index (χ2n) is 9.21. The van der Waals surface area contributed by atoms with Crippen LogP contribution < -0.4 is 15.4 Å². The van der Waals surface area contributed by atoms with Crippen molar-refractivity contribution in [3.63, 3.8) is 0 Å². The summed E-state index contributed by atoms with van der Waals surface area (Å²) in [6.45, 7) is 3.23. The Hall–Kier alpha value is -3.84. The quantitative estimate of drug-likeness (QED) is 0.366. The molecule has 0 saturated carbocycles. The number of benzene rings is 3. The number of carboxylic acids is 1. The van der Waals surface area contributed by atoms with Gasteiger partial charge in [-0.3, -0.25) is 4.90 Å². The number of amides is 2. The molecule has 4 rings (SSSR count). The third kappa shape index (κ3) is 6.23. The maximum atomic E-state index is 12.9. The van der Waals surface area contributed by atoms with Crippen molar-refractivity contribution < 1.29 is 19.4 Å². The molecule has 1 heterocycles. The standard InChI is InChI=1S/C29H33N3O4/c1-20-14-15-25(28(33)34)26(27(20)31-29(35)30-22-11-8-13-24(18-22)36-2)19-32-16-7-6-12-23(32)17-21-9-4-3-5-10-21/h3-5,8-11,13-15,18,23H,6-7,12,16-17,19H2,1-2H3,(H,33,34)(H2,30,31,35). The van der Waals surface area contributed by atoms with E-state index < -0.39 is 12.0 Å². The van der Waals surface area contributed by atoms with Crippen molar-refractivity contribution in [1.29, 1.82) is 0 Å². The summed E-state index contributed by atoms with van der Waals surface area (Å²) in [7, 11) is 1.57. The number of carboxylic acid groups (broad SMARTS) is 1. The second kappa shape index (κ2) is 11.7. The van der Waals surface area contributed by atoms with Crippen LogP contribution in [0.3, 0.4) is 0 Å². The normalized spacial score (nSPS) is 15.8. The summed E-state index contributed by atoms with van der Waals surface area (Å²) in [5, 5.41) is 15.7. The number of ether oxygens (including phenoxy) is 1. The Kier molecular flexibility index (Phi) is 8.23. The molecule has 36 heavy (non-hydrogen) atoms. The summed E-state index contributed by atoms with van der Waals surface area (Å²) in [5.41, 5.74) is 4.05. The van der Waals surface area contributed by atoms with E-state index in [2.05, 4.69) is 39.8 Å². The number of urea groups is 1. The first kappa shape index (κ1) is 25.3. The number of nitrogens with zero attached hydrogens (tertiary/aromatic N) is 1. The first-order valence-electron chi connectivity index (χ1n) is 12.3. The number of hydrogen-bond donors (Lipinski definition) is 3. The van der Waals surface area contributed by atoms with Crippen LogP contribution in [0.1, 0.15) is 46.3 Å². The Bertz CT molecular complexity index is 1210. The van der Waals surface area contributed by atoms with Gasteiger partial charge in [-0.1, -0.05) is 48.9 Å². The molecule has 1 fully saturated rings. The van der Waals surface area contributed by atoms with Gasteiger partial charge in [0, 0.05) is 29.9 Å². The Morgan fingerprint density at radius 3 is 2.58 bits per heavy atom. The van der Waals surface area contributed by atoms with Crippen molar-refractivity contribution in [2.75, 3.05) is 24.3 Å². The molecule has 1 aliphatic heterocycles. The lowest BCUT2D eigenvalue weighted by Crippen LogP contribution is -2.41. The van der Waals surface area contributed by atoms with E-state index in [9.17, 15) is 14.7 Å². The van der Waals surface area contributed by atoms with Gasteiger partial charge in [0.15, 0.2) is 0 Å². The number of methoxy groups -OCH3 is 1. The SMILES string of the molecule is COc1cccc(NC(=O)Nc2c(C)ccc(C(=O)O)c2CN2CCCCC2Cc2ccccc2)c1. The zero-order valence-corrected chi connectivity index (χ0v) is 20.8. The van der Waals surface area contributed by atoms with Crippen molar-refractivity contribution in [3.8, 4) is 5.75 Å². The molecule has 0 spiro atoms. The van der Waals surface area contributed by atoms with E-state index in [-0.39, 0.29) is 5.56 Å². The summed E-state index contributed by atoms with van der Waals surface area (Å²) >= 11 is 0. The first-order chi connectivity index (χ1) is 17.4. The number of piperidine rings is 1. The molecule has 1 atom stereocenters. The number of nitrogens with one attached hydrogen (secondary N) is 2. The number of carbonyl (C=O) groups is 2. The maximum Gasteiger partial charge on any atom is 0.336 e. The third-order valence-corrected chi connectivity index (χ3v) is 6.74. The molecule has 3 N–H and O–H groups in total. The highest BCUT2D eigenvalue weighted by molar-refractivity contribution is 6.02. The molecule has 7 heteroatoms. The lowest BCUT2D eigenvalue weighted by Gasteiger charge is -2.37. The van der Waals surface area contributed by atoms with Crippen LogP contribution in [0.2, 0.25) is 0 Å². The van der Waals surface area contributed by atoms with Crippen LogP contribution in [0.25, 0.3) is 0 Å². The van der Waals surface area contributed by atoms with Crippen LogP contribution in [0.5, 0.6) is 5.75 Å². The van der Waals surface area contributed by atoms with Crippen LogP contribution in [0.15, 0.2) is 66.7 Å². The van der Waals surface area contributed by atoms with Gasteiger partial charge in [0.05, 0.1) is 18.4 Å². The van der Waals surface area contributed by atoms with Gasteiger partial charge in [0.1, 0.15) is 5.75 Å². The van der Waals surface area contributed by atoms with Gasteiger partial charge in [-0.15, -0.1) is 0 Å². The third-order valence-electron chi connectivity index (χ3n) is 6.74. The van der Waals surface area contributed by atoms with Crippen molar-refractivity contribution in [1.82, 2.24) is 4.90 Å². The molecule has 1 aliphatic rings. The number of likely N-dealkylation sites (tertiary alicyclic amines) is 1. The number of aromatic carboxylic acids is 1. The maximum absolute atomic E-state index is 12.9. The summed E-state index contributed by atoms with van der Waals surface area (Å²) in [6, 6.07) is 20.7. The molecule has 0 aliphatic carbocycles. The summed E-state index contributed by atoms with van der Waals surface area (Å²) in [6.07, 6.45) is 4.19. The molecule has 0 aromatic heterocycles. The zero-order chi connectivity index (χ0) is 25.5. The molecule has 3 aromatic carbocycles. The van der Waals surface area contributed by atoms with E-state index in [1.807, 2.05) is 13.0 Å². The lowest BCUT2D eigenvalue weighted by molar-refractivity contribution is 0.0692. The minimum Gasteiger partial charge on any atom is -0.497 e.